The lowest BCUT2D eigenvalue weighted by Gasteiger charge is -2.21. The molecule has 0 aromatic carbocycles. The van der Waals surface area contributed by atoms with Crippen molar-refractivity contribution in [2.24, 2.45) is 0 Å². The van der Waals surface area contributed by atoms with Gasteiger partial charge < -0.3 is 33.8 Å². The van der Waals surface area contributed by atoms with Crippen LogP contribution in [0, 0.1) is 0 Å². The van der Waals surface area contributed by atoms with Crippen molar-refractivity contribution in [3.05, 3.63) is 146 Å². The first-order valence-electron chi connectivity index (χ1n) is 39.1. The van der Waals surface area contributed by atoms with E-state index in [2.05, 4.69) is 174 Å². The summed E-state index contributed by atoms with van der Waals surface area (Å²) >= 11 is 0. The van der Waals surface area contributed by atoms with E-state index in [1.165, 1.54) is 25.7 Å². The Morgan fingerprint density at radius 3 is 0.814 bits per heavy atom. The fourth-order valence-corrected chi connectivity index (χ4v) is 11.5. The molecule has 582 valence electrons. The van der Waals surface area contributed by atoms with Crippen molar-refractivity contribution in [3.8, 4) is 0 Å². The summed E-state index contributed by atoms with van der Waals surface area (Å²) in [6, 6.07) is 0. The Morgan fingerprint density at radius 2 is 0.510 bits per heavy atom. The maximum absolute atomic E-state index is 13.1. The van der Waals surface area contributed by atoms with Crippen LogP contribution < -0.4 is 0 Å². The average Bonchev–Trinajstić information content (AvgIpc) is 0.924. The largest absolute Gasteiger partial charge is 0.472 e. The van der Waals surface area contributed by atoms with E-state index in [0.717, 1.165) is 193 Å². The Morgan fingerprint density at radius 1 is 0.284 bits per heavy atom. The molecule has 0 rings (SSSR count). The Hall–Kier alpha value is -5.06. The minimum absolute atomic E-state index is 0.0669. The number of aliphatic hydroxyl groups excluding tert-OH is 1. The molecule has 0 bridgehead atoms. The molecule has 0 amide bonds. The maximum Gasteiger partial charge on any atom is 0.472 e. The first-order valence-corrected chi connectivity index (χ1v) is 42.1. The lowest BCUT2D eigenvalue weighted by Crippen LogP contribution is -2.30. The molecule has 0 aliphatic rings. The van der Waals surface area contributed by atoms with E-state index in [0.29, 0.717) is 25.7 Å². The number of phosphoric acid groups is 2. The van der Waals surface area contributed by atoms with Gasteiger partial charge in [-0.2, -0.15) is 0 Å². The molecule has 0 fully saturated rings. The second kappa shape index (κ2) is 74.2. The number of rotatable bonds is 72. The summed E-state index contributed by atoms with van der Waals surface area (Å²) < 4.78 is 68.5. The van der Waals surface area contributed by atoms with Gasteiger partial charge in [0, 0.05) is 25.7 Å². The van der Waals surface area contributed by atoms with E-state index < -0.39 is 97.5 Å². The van der Waals surface area contributed by atoms with Gasteiger partial charge in [0.1, 0.15) is 19.3 Å². The second-order valence-corrected chi connectivity index (χ2v) is 28.4. The fraction of sp³-hybridized carbons (Fsp3) is 0.663. The Kier molecular flexibility index (Phi) is 70.5. The number of aliphatic hydroxyl groups is 1. The first kappa shape index (κ1) is 96.9. The summed E-state index contributed by atoms with van der Waals surface area (Å²) in [5, 5.41) is 10.6. The molecular formula is C83H138O17P2. The molecule has 102 heavy (non-hydrogen) atoms. The van der Waals surface area contributed by atoms with Crippen LogP contribution >= 0.6 is 15.6 Å². The SMILES string of the molecule is CC/C=C\C/C=C\C/C=C\C/C=C\CCCCCCCCC(=O)OCC(COP(=O)(O)OCC(O)COP(=O)(O)OCC(COC(=O)CCCC/C=C\C/C=C\C/C=C\C/C=C\CC)OC(=O)CCCCCCC/C=C\CCCCCC)OC(=O)CCCCCCC/C=C\C/C=C\C/C=C\CC. The highest BCUT2D eigenvalue weighted by Crippen LogP contribution is 2.45. The second-order valence-electron chi connectivity index (χ2n) is 25.5. The van der Waals surface area contributed by atoms with Gasteiger partial charge in [0.25, 0.3) is 0 Å². The van der Waals surface area contributed by atoms with Crippen LogP contribution in [0.5, 0.6) is 0 Å². The van der Waals surface area contributed by atoms with Crippen molar-refractivity contribution in [1.29, 1.82) is 0 Å². The number of ether oxygens (including phenoxy) is 4. The van der Waals surface area contributed by atoms with Gasteiger partial charge in [0.2, 0.25) is 0 Å². The van der Waals surface area contributed by atoms with E-state index >= 15 is 0 Å². The number of esters is 4. The van der Waals surface area contributed by atoms with Crippen LogP contribution in [0.3, 0.4) is 0 Å². The zero-order chi connectivity index (χ0) is 74.6. The average molecular weight is 1470 g/mol. The van der Waals surface area contributed by atoms with Crippen LogP contribution in [0.2, 0.25) is 0 Å². The molecule has 17 nitrogen and oxygen atoms in total. The lowest BCUT2D eigenvalue weighted by molar-refractivity contribution is -0.161. The summed E-state index contributed by atoms with van der Waals surface area (Å²) in [5.74, 6) is -2.27. The van der Waals surface area contributed by atoms with E-state index in [4.69, 9.17) is 37.0 Å². The zero-order valence-electron chi connectivity index (χ0n) is 63.5. The Labute approximate surface area is 617 Å². The highest BCUT2D eigenvalue weighted by Gasteiger charge is 2.30. The number of phosphoric ester groups is 2. The van der Waals surface area contributed by atoms with Crippen molar-refractivity contribution in [2.75, 3.05) is 39.6 Å². The van der Waals surface area contributed by atoms with Gasteiger partial charge >= 0.3 is 39.5 Å². The van der Waals surface area contributed by atoms with Crippen molar-refractivity contribution in [1.82, 2.24) is 0 Å². The topological polar surface area (TPSA) is 237 Å². The van der Waals surface area contributed by atoms with Gasteiger partial charge in [0.15, 0.2) is 12.2 Å². The zero-order valence-corrected chi connectivity index (χ0v) is 65.3. The normalized spacial score (nSPS) is 14.7. The molecule has 19 heteroatoms. The van der Waals surface area contributed by atoms with E-state index in [1.54, 1.807) is 0 Å². The number of hydrogen-bond donors (Lipinski definition) is 3. The van der Waals surface area contributed by atoms with Gasteiger partial charge in [-0.3, -0.25) is 37.3 Å². The third-order valence-electron chi connectivity index (χ3n) is 15.8. The summed E-state index contributed by atoms with van der Waals surface area (Å²) in [5.41, 5.74) is 0. The minimum Gasteiger partial charge on any atom is -0.462 e. The third-order valence-corrected chi connectivity index (χ3v) is 17.7. The molecule has 5 unspecified atom stereocenters. The molecular weight excluding hydrogens is 1330 g/mol. The molecule has 3 N–H and O–H groups in total. The van der Waals surface area contributed by atoms with Crippen LogP contribution in [0.25, 0.3) is 0 Å². The Bertz CT molecular complexity index is 2510. The van der Waals surface area contributed by atoms with Crippen molar-refractivity contribution in [3.63, 3.8) is 0 Å². The molecule has 0 saturated heterocycles. The van der Waals surface area contributed by atoms with Crippen LogP contribution in [-0.4, -0.2) is 96.7 Å². The number of hydrogen-bond acceptors (Lipinski definition) is 15. The van der Waals surface area contributed by atoms with Crippen LogP contribution in [-0.2, 0) is 65.4 Å². The number of unbranched alkanes of at least 4 members (excludes halogenated alkanes) is 22. The lowest BCUT2D eigenvalue weighted by atomic mass is 10.1. The van der Waals surface area contributed by atoms with Crippen molar-refractivity contribution < 1.29 is 80.2 Å². The molecule has 0 aromatic rings. The predicted octanol–water partition coefficient (Wildman–Crippen LogP) is 22.7. The van der Waals surface area contributed by atoms with Crippen molar-refractivity contribution >= 4 is 39.5 Å². The van der Waals surface area contributed by atoms with E-state index in [9.17, 15) is 43.2 Å². The standard InChI is InChI=1S/C83H138O17P2/c1-5-9-13-17-21-25-29-33-36-37-38-39-42-45-48-52-56-60-64-68-81(86)94-74-79(100-83(88)70-66-62-58-54-50-46-41-35-31-27-23-19-15-11-7-3)76-98-102(91,92)96-72-77(84)71-95-101(89,90)97-75-78(99-82(87)69-65-61-57-53-49-43-32-28-24-20-16-12-8-4)73-93-80(85)67-63-59-55-51-47-44-40-34-30-26-22-18-14-10-6-2/h9-11,13-15,21-23,25-28,32-36,38-41,47,51,77-79,84H,5-8,12,16-20,24,29-31,37,42-46,48-50,52-76H2,1-4H3,(H,89,90)(H,91,92)/b13-9-,14-10-,15-11-,25-21-,26-22-,27-23-,32-28-,36-33-,39-38-,40-34-,41-35-,51-47-. The Balaban J connectivity index is 5.41. The van der Waals surface area contributed by atoms with Gasteiger partial charge in [-0.15, -0.1) is 0 Å². The van der Waals surface area contributed by atoms with Crippen LogP contribution in [0.4, 0.5) is 0 Å². The number of allylic oxidation sites excluding steroid dienone is 24. The molecule has 0 heterocycles. The monoisotopic (exact) mass is 1470 g/mol. The summed E-state index contributed by atoms with van der Waals surface area (Å²) in [6.45, 7) is 4.42. The third kappa shape index (κ3) is 73.3. The fourth-order valence-electron chi connectivity index (χ4n) is 9.92. The molecule has 5 atom stereocenters. The molecule has 0 aliphatic carbocycles. The summed E-state index contributed by atoms with van der Waals surface area (Å²) in [4.78, 5) is 72.9. The minimum atomic E-state index is -4.99. The first-order chi connectivity index (χ1) is 49.7. The van der Waals surface area contributed by atoms with Crippen LogP contribution in [0.1, 0.15) is 297 Å². The molecule has 0 aliphatic heterocycles. The van der Waals surface area contributed by atoms with Gasteiger partial charge in [-0.25, -0.2) is 9.13 Å². The van der Waals surface area contributed by atoms with Gasteiger partial charge in [-0.1, -0.05) is 257 Å². The summed E-state index contributed by atoms with van der Waals surface area (Å²) in [6.07, 6.45) is 84.0. The molecule has 0 aromatic heterocycles. The maximum atomic E-state index is 13.1. The summed E-state index contributed by atoms with van der Waals surface area (Å²) in [7, 11) is -9.98. The predicted molar refractivity (Wildman–Crippen MR) is 417 cm³/mol. The van der Waals surface area contributed by atoms with Gasteiger partial charge in [-0.05, 0) is 161 Å². The highest BCUT2D eigenvalue weighted by molar-refractivity contribution is 7.47. The van der Waals surface area contributed by atoms with Gasteiger partial charge in [0.05, 0.1) is 26.4 Å². The quantitative estimate of drug-likeness (QED) is 0.0169. The van der Waals surface area contributed by atoms with Crippen molar-refractivity contribution in [2.45, 2.75) is 316 Å². The number of carbonyl (C=O) groups excluding carboxylic acids is 4. The molecule has 0 radical (unpaired) electrons. The smallest absolute Gasteiger partial charge is 0.462 e. The van der Waals surface area contributed by atoms with E-state index in [1.807, 2.05) is 0 Å². The highest BCUT2D eigenvalue weighted by atomic mass is 31.2. The molecule has 0 spiro atoms. The van der Waals surface area contributed by atoms with Crippen LogP contribution in [0.15, 0.2) is 146 Å². The molecule has 0 saturated carbocycles. The van der Waals surface area contributed by atoms with E-state index in [-0.39, 0.29) is 25.7 Å². The number of carbonyl (C=O) groups is 4.